The summed E-state index contributed by atoms with van der Waals surface area (Å²) in [7, 11) is -2.37. The molecule has 1 aliphatic rings. The summed E-state index contributed by atoms with van der Waals surface area (Å²) >= 11 is 0. The summed E-state index contributed by atoms with van der Waals surface area (Å²) < 4.78 is 27.3. The van der Waals surface area contributed by atoms with Crippen molar-refractivity contribution in [3.8, 4) is 0 Å². The molecule has 7 heteroatoms. The molecule has 0 aromatic heterocycles. The van der Waals surface area contributed by atoms with E-state index in [0.29, 0.717) is 13.0 Å². The van der Waals surface area contributed by atoms with Crippen molar-refractivity contribution in [2.45, 2.75) is 6.42 Å². The van der Waals surface area contributed by atoms with E-state index >= 15 is 0 Å². The van der Waals surface area contributed by atoms with Crippen molar-refractivity contribution in [2.75, 3.05) is 20.2 Å². The average Bonchev–Trinajstić information content (AvgIpc) is 2.50. The van der Waals surface area contributed by atoms with Gasteiger partial charge < -0.3 is 4.74 Å². The van der Waals surface area contributed by atoms with Gasteiger partial charge in [-0.05, 0) is 6.42 Å². The third-order valence-electron chi connectivity index (χ3n) is 2.05. The van der Waals surface area contributed by atoms with Crippen molar-refractivity contribution >= 4 is 16.2 Å². The molecule has 1 fully saturated rings. The molecule has 0 radical (unpaired) electrons. The predicted molar refractivity (Wildman–Crippen MR) is 44.8 cm³/mol. The van der Waals surface area contributed by atoms with Crippen molar-refractivity contribution in [1.82, 2.24) is 4.31 Å². The smallest absolute Gasteiger partial charge is 0.310 e. The van der Waals surface area contributed by atoms with E-state index in [-0.39, 0.29) is 18.4 Å². The van der Waals surface area contributed by atoms with Crippen molar-refractivity contribution in [3.05, 3.63) is 0 Å². The fourth-order valence-electron chi connectivity index (χ4n) is 1.32. The van der Waals surface area contributed by atoms with Crippen LogP contribution in [-0.4, -0.2) is 38.9 Å². The Morgan fingerprint density at radius 2 is 2.23 bits per heavy atom. The molecule has 0 aliphatic carbocycles. The topological polar surface area (TPSA) is 89.7 Å². The predicted octanol–water partition coefficient (Wildman–Crippen LogP) is -1.32. The Hall–Kier alpha value is -0.660. The van der Waals surface area contributed by atoms with Gasteiger partial charge in [-0.3, -0.25) is 4.79 Å². The second kappa shape index (κ2) is 3.60. The van der Waals surface area contributed by atoms with E-state index in [4.69, 9.17) is 5.14 Å². The van der Waals surface area contributed by atoms with Crippen molar-refractivity contribution in [1.29, 1.82) is 0 Å². The van der Waals surface area contributed by atoms with Crippen LogP contribution in [0.3, 0.4) is 0 Å². The van der Waals surface area contributed by atoms with E-state index in [2.05, 4.69) is 4.74 Å². The van der Waals surface area contributed by atoms with Gasteiger partial charge in [0.25, 0.3) is 10.2 Å². The summed E-state index contributed by atoms with van der Waals surface area (Å²) in [6.45, 7) is 0.421. The lowest BCUT2D eigenvalue weighted by Crippen LogP contribution is -2.35. The number of carbonyl (C=O) groups excluding carboxylic acids is 1. The largest absolute Gasteiger partial charge is 0.469 e. The highest BCUT2D eigenvalue weighted by Crippen LogP contribution is 2.18. The van der Waals surface area contributed by atoms with Gasteiger partial charge in [0.05, 0.1) is 13.0 Å². The molecule has 1 aliphatic heterocycles. The van der Waals surface area contributed by atoms with Gasteiger partial charge in [-0.25, -0.2) is 5.14 Å². The molecule has 76 valence electrons. The Morgan fingerprint density at radius 1 is 1.62 bits per heavy atom. The minimum atomic E-state index is -3.65. The maximum Gasteiger partial charge on any atom is 0.310 e. The molecular formula is C6H12N2O4S. The summed E-state index contributed by atoms with van der Waals surface area (Å²) in [5.74, 6) is -0.755. The standard InChI is InChI=1S/C6H12N2O4S/c1-12-6(9)5-2-3-8(4-5)13(7,10)11/h5H,2-4H2,1H3,(H2,7,10,11). The lowest BCUT2D eigenvalue weighted by atomic mass is 10.1. The van der Waals surface area contributed by atoms with Gasteiger partial charge in [0.1, 0.15) is 0 Å². The highest BCUT2D eigenvalue weighted by Gasteiger charge is 2.33. The first-order chi connectivity index (χ1) is 5.95. The van der Waals surface area contributed by atoms with Crippen LogP contribution in [0.1, 0.15) is 6.42 Å². The van der Waals surface area contributed by atoms with Crippen LogP contribution in [0.25, 0.3) is 0 Å². The Morgan fingerprint density at radius 3 is 2.62 bits per heavy atom. The Labute approximate surface area is 76.8 Å². The van der Waals surface area contributed by atoms with Crippen LogP contribution in [0.15, 0.2) is 0 Å². The molecule has 0 spiro atoms. The van der Waals surface area contributed by atoms with Gasteiger partial charge in [-0.2, -0.15) is 12.7 Å². The zero-order valence-electron chi connectivity index (χ0n) is 7.26. The molecule has 2 N–H and O–H groups in total. The lowest BCUT2D eigenvalue weighted by Gasteiger charge is -2.11. The van der Waals surface area contributed by atoms with Gasteiger partial charge in [-0.15, -0.1) is 0 Å². The third kappa shape index (κ3) is 2.39. The fourth-order valence-corrected chi connectivity index (χ4v) is 2.07. The monoisotopic (exact) mass is 208 g/mol. The molecule has 0 bridgehead atoms. The zero-order valence-corrected chi connectivity index (χ0v) is 8.08. The van der Waals surface area contributed by atoms with E-state index in [1.165, 1.54) is 7.11 Å². The van der Waals surface area contributed by atoms with Crippen LogP contribution in [-0.2, 0) is 19.7 Å². The van der Waals surface area contributed by atoms with Crippen LogP contribution < -0.4 is 5.14 Å². The number of esters is 1. The number of carbonyl (C=O) groups is 1. The van der Waals surface area contributed by atoms with Crippen molar-refractivity contribution in [2.24, 2.45) is 11.1 Å². The Bertz CT molecular complexity index is 300. The van der Waals surface area contributed by atoms with E-state index in [0.717, 1.165) is 4.31 Å². The van der Waals surface area contributed by atoms with Crippen LogP contribution in [0.2, 0.25) is 0 Å². The third-order valence-corrected chi connectivity index (χ3v) is 3.10. The van der Waals surface area contributed by atoms with Crippen LogP contribution in [0.5, 0.6) is 0 Å². The molecular weight excluding hydrogens is 196 g/mol. The molecule has 1 heterocycles. The molecule has 1 saturated heterocycles. The van der Waals surface area contributed by atoms with Gasteiger partial charge in [0.2, 0.25) is 0 Å². The first-order valence-corrected chi connectivity index (χ1v) is 5.31. The van der Waals surface area contributed by atoms with Gasteiger partial charge >= 0.3 is 5.97 Å². The molecule has 0 aromatic rings. The van der Waals surface area contributed by atoms with E-state index in [1.807, 2.05) is 0 Å². The molecule has 0 saturated carbocycles. The number of hydrogen-bond acceptors (Lipinski definition) is 4. The summed E-state index contributed by atoms with van der Waals surface area (Å²) in [6, 6.07) is 0. The Kier molecular flexibility index (Phi) is 2.89. The number of ether oxygens (including phenoxy) is 1. The molecule has 6 nitrogen and oxygen atoms in total. The van der Waals surface area contributed by atoms with Crippen LogP contribution >= 0.6 is 0 Å². The Balaban J connectivity index is 2.60. The average molecular weight is 208 g/mol. The second-order valence-electron chi connectivity index (χ2n) is 2.91. The van der Waals surface area contributed by atoms with Crippen LogP contribution in [0.4, 0.5) is 0 Å². The molecule has 1 unspecified atom stereocenters. The summed E-state index contributed by atoms with van der Waals surface area (Å²) in [5, 5.41) is 4.89. The molecule has 1 atom stereocenters. The lowest BCUT2D eigenvalue weighted by molar-refractivity contribution is -0.144. The number of methoxy groups -OCH3 is 1. The number of nitrogens with zero attached hydrogens (tertiary/aromatic N) is 1. The molecule has 1 rings (SSSR count). The highest BCUT2D eigenvalue weighted by atomic mass is 32.2. The molecule has 13 heavy (non-hydrogen) atoms. The maximum absolute atomic E-state index is 11.0. The SMILES string of the molecule is COC(=O)C1CCN(S(N)(=O)=O)C1. The normalized spacial score (nSPS) is 24.6. The van der Waals surface area contributed by atoms with Crippen molar-refractivity contribution in [3.63, 3.8) is 0 Å². The summed E-state index contributed by atoms with van der Waals surface area (Å²) in [5.41, 5.74) is 0. The van der Waals surface area contributed by atoms with Gasteiger partial charge in [0.15, 0.2) is 0 Å². The number of nitrogens with two attached hydrogens (primary N) is 1. The minimum Gasteiger partial charge on any atom is -0.469 e. The summed E-state index contributed by atoms with van der Waals surface area (Å²) in [6.07, 6.45) is 0.475. The summed E-state index contributed by atoms with van der Waals surface area (Å²) in [4.78, 5) is 11.0. The zero-order chi connectivity index (χ0) is 10.1. The van der Waals surface area contributed by atoms with E-state index < -0.39 is 10.2 Å². The van der Waals surface area contributed by atoms with E-state index in [9.17, 15) is 13.2 Å². The molecule has 0 aromatic carbocycles. The fraction of sp³-hybridized carbons (Fsp3) is 0.833. The first-order valence-electron chi connectivity index (χ1n) is 3.81. The van der Waals surface area contributed by atoms with E-state index in [1.54, 1.807) is 0 Å². The minimum absolute atomic E-state index is 0.130. The van der Waals surface area contributed by atoms with Gasteiger partial charge in [-0.1, -0.05) is 0 Å². The van der Waals surface area contributed by atoms with Gasteiger partial charge in [0, 0.05) is 13.1 Å². The highest BCUT2D eigenvalue weighted by molar-refractivity contribution is 7.86. The first kappa shape index (κ1) is 10.4. The number of hydrogen-bond donors (Lipinski definition) is 1. The van der Waals surface area contributed by atoms with Crippen molar-refractivity contribution < 1.29 is 17.9 Å². The van der Waals surface area contributed by atoms with Crippen LogP contribution in [0, 0.1) is 5.92 Å². The number of rotatable bonds is 2. The molecule has 0 amide bonds. The maximum atomic E-state index is 11.0. The quantitative estimate of drug-likeness (QED) is 0.570. The second-order valence-corrected chi connectivity index (χ2v) is 4.46.